The van der Waals surface area contributed by atoms with Crippen LogP contribution in [0.15, 0.2) is 18.2 Å². The van der Waals surface area contributed by atoms with Gasteiger partial charge in [-0.3, -0.25) is 0 Å². The van der Waals surface area contributed by atoms with E-state index in [2.05, 4.69) is 20.8 Å². The first-order valence-corrected chi connectivity index (χ1v) is 6.68. The van der Waals surface area contributed by atoms with Crippen LogP contribution in [0, 0.1) is 11.3 Å². The molecule has 0 fully saturated rings. The molecule has 0 aliphatic carbocycles. The summed E-state index contributed by atoms with van der Waals surface area (Å²) in [5, 5.41) is 0.739. The Labute approximate surface area is 114 Å². The molecule has 0 bridgehead atoms. The molecule has 0 radical (unpaired) electrons. The fourth-order valence-corrected chi connectivity index (χ4v) is 2.53. The SMILES string of the molecule is COc1ccc(Cl)cc1CC(CCl)C(C)(C)C. The van der Waals surface area contributed by atoms with Gasteiger partial charge in [0.15, 0.2) is 0 Å². The lowest BCUT2D eigenvalue weighted by molar-refractivity contribution is 0.261. The van der Waals surface area contributed by atoms with Gasteiger partial charge in [0.05, 0.1) is 7.11 Å². The molecule has 0 aromatic heterocycles. The highest BCUT2D eigenvalue weighted by atomic mass is 35.5. The van der Waals surface area contributed by atoms with Crippen LogP contribution in [0.5, 0.6) is 5.75 Å². The molecule has 0 spiro atoms. The monoisotopic (exact) mass is 274 g/mol. The van der Waals surface area contributed by atoms with Crippen LogP contribution in [0.4, 0.5) is 0 Å². The van der Waals surface area contributed by atoms with E-state index in [-0.39, 0.29) is 5.41 Å². The summed E-state index contributed by atoms with van der Waals surface area (Å²) in [5.41, 5.74) is 1.30. The summed E-state index contributed by atoms with van der Waals surface area (Å²) < 4.78 is 5.36. The van der Waals surface area contributed by atoms with Gasteiger partial charge in [-0.25, -0.2) is 0 Å². The van der Waals surface area contributed by atoms with Gasteiger partial charge in [-0.2, -0.15) is 0 Å². The van der Waals surface area contributed by atoms with Gasteiger partial charge in [-0.15, -0.1) is 11.6 Å². The minimum atomic E-state index is 0.176. The van der Waals surface area contributed by atoms with Crippen molar-refractivity contribution in [2.45, 2.75) is 27.2 Å². The second-order valence-corrected chi connectivity index (χ2v) is 6.12. The van der Waals surface area contributed by atoms with E-state index in [0.29, 0.717) is 11.8 Å². The molecular formula is C14H20Cl2O. The van der Waals surface area contributed by atoms with Crippen molar-refractivity contribution in [3.8, 4) is 5.75 Å². The van der Waals surface area contributed by atoms with E-state index < -0.39 is 0 Å². The smallest absolute Gasteiger partial charge is 0.122 e. The molecule has 1 aromatic carbocycles. The molecule has 0 saturated carbocycles. The molecule has 0 N–H and O–H groups in total. The molecular weight excluding hydrogens is 255 g/mol. The molecule has 1 rings (SSSR count). The number of benzene rings is 1. The fourth-order valence-electron chi connectivity index (χ4n) is 1.76. The third-order valence-corrected chi connectivity index (χ3v) is 3.73. The number of hydrogen-bond acceptors (Lipinski definition) is 1. The van der Waals surface area contributed by atoms with E-state index in [4.69, 9.17) is 27.9 Å². The zero-order valence-electron chi connectivity index (χ0n) is 10.9. The molecule has 1 nitrogen and oxygen atoms in total. The molecule has 0 aliphatic heterocycles. The Morgan fingerprint density at radius 3 is 2.41 bits per heavy atom. The number of hydrogen-bond donors (Lipinski definition) is 0. The van der Waals surface area contributed by atoms with Crippen LogP contribution in [0.2, 0.25) is 5.02 Å². The molecule has 3 heteroatoms. The number of rotatable bonds is 4. The number of alkyl halides is 1. The summed E-state index contributed by atoms with van der Waals surface area (Å²) in [6.07, 6.45) is 0.886. The van der Waals surface area contributed by atoms with E-state index in [1.165, 1.54) is 0 Å². The van der Waals surface area contributed by atoms with Crippen molar-refractivity contribution in [3.05, 3.63) is 28.8 Å². The molecule has 96 valence electrons. The largest absolute Gasteiger partial charge is 0.496 e. The molecule has 1 aromatic rings. The lowest BCUT2D eigenvalue weighted by Crippen LogP contribution is -2.24. The van der Waals surface area contributed by atoms with Crippen molar-refractivity contribution < 1.29 is 4.74 Å². The predicted molar refractivity (Wildman–Crippen MR) is 75.4 cm³/mol. The van der Waals surface area contributed by atoms with Gasteiger partial charge >= 0.3 is 0 Å². The Bertz CT molecular complexity index is 369. The lowest BCUT2D eigenvalue weighted by atomic mass is 9.78. The van der Waals surface area contributed by atoms with Gasteiger partial charge in [0.25, 0.3) is 0 Å². The van der Waals surface area contributed by atoms with Crippen LogP contribution in [0.1, 0.15) is 26.3 Å². The fraction of sp³-hybridized carbons (Fsp3) is 0.571. The Morgan fingerprint density at radius 1 is 1.29 bits per heavy atom. The third kappa shape index (κ3) is 4.08. The lowest BCUT2D eigenvalue weighted by Gasteiger charge is -2.29. The van der Waals surface area contributed by atoms with Gasteiger partial charge in [-0.1, -0.05) is 32.4 Å². The molecule has 1 atom stereocenters. The zero-order valence-corrected chi connectivity index (χ0v) is 12.4. The topological polar surface area (TPSA) is 9.23 Å². The van der Waals surface area contributed by atoms with Crippen LogP contribution in [0.25, 0.3) is 0 Å². The number of halogens is 2. The van der Waals surface area contributed by atoms with Crippen LogP contribution < -0.4 is 4.74 Å². The molecule has 0 heterocycles. The van der Waals surface area contributed by atoms with Crippen molar-refractivity contribution in [1.82, 2.24) is 0 Å². The molecule has 17 heavy (non-hydrogen) atoms. The number of ether oxygens (including phenoxy) is 1. The summed E-state index contributed by atoms with van der Waals surface area (Å²) in [6.45, 7) is 6.62. The first kappa shape index (κ1) is 14.7. The van der Waals surface area contributed by atoms with Gasteiger partial charge < -0.3 is 4.74 Å². The zero-order chi connectivity index (χ0) is 13.1. The maximum atomic E-state index is 6.06. The van der Waals surface area contributed by atoms with E-state index in [9.17, 15) is 0 Å². The maximum Gasteiger partial charge on any atom is 0.122 e. The summed E-state index contributed by atoms with van der Waals surface area (Å²) in [5.74, 6) is 1.92. The highest BCUT2D eigenvalue weighted by molar-refractivity contribution is 6.30. The average molecular weight is 275 g/mol. The second-order valence-electron chi connectivity index (χ2n) is 5.38. The van der Waals surface area contributed by atoms with E-state index >= 15 is 0 Å². The van der Waals surface area contributed by atoms with Crippen LogP contribution in [-0.2, 0) is 6.42 Å². The van der Waals surface area contributed by atoms with Crippen LogP contribution in [0.3, 0.4) is 0 Å². The number of methoxy groups -OCH3 is 1. The average Bonchev–Trinajstić information content (AvgIpc) is 2.24. The standard InChI is InChI=1S/C14H20Cl2O/c1-14(2,3)11(9-15)7-10-8-12(16)5-6-13(10)17-4/h5-6,8,11H,7,9H2,1-4H3. The Kier molecular flexibility index (Phi) is 5.15. The molecule has 0 saturated heterocycles. The minimum Gasteiger partial charge on any atom is -0.496 e. The predicted octanol–water partition coefficient (Wildman–Crippen LogP) is 4.79. The quantitative estimate of drug-likeness (QED) is 0.718. The van der Waals surface area contributed by atoms with Crippen LogP contribution >= 0.6 is 23.2 Å². The van der Waals surface area contributed by atoms with Gasteiger partial charge in [0.2, 0.25) is 0 Å². The Morgan fingerprint density at radius 2 is 1.94 bits per heavy atom. The first-order valence-electron chi connectivity index (χ1n) is 5.77. The van der Waals surface area contributed by atoms with Gasteiger partial charge in [0.1, 0.15) is 5.75 Å². The minimum absolute atomic E-state index is 0.176. The summed E-state index contributed by atoms with van der Waals surface area (Å²) in [4.78, 5) is 0. The van der Waals surface area contributed by atoms with Crippen LogP contribution in [-0.4, -0.2) is 13.0 Å². The van der Waals surface area contributed by atoms with Crippen molar-refractivity contribution in [1.29, 1.82) is 0 Å². The molecule has 0 amide bonds. The van der Waals surface area contributed by atoms with Crippen molar-refractivity contribution in [3.63, 3.8) is 0 Å². The second kappa shape index (κ2) is 5.97. The van der Waals surface area contributed by atoms with Gasteiger partial charge in [-0.05, 0) is 41.5 Å². The Hall–Kier alpha value is -0.400. The third-order valence-electron chi connectivity index (χ3n) is 3.12. The highest BCUT2D eigenvalue weighted by Gasteiger charge is 2.25. The normalized spacial score (nSPS) is 13.5. The van der Waals surface area contributed by atoms with Crippen molar-refractivity contribution >= 4 is 23.2 Å². The van der Waals surface area contributed by atoms with E-state index in [1.54, 1.807) is 7.11 Å². The van der Waals surface area contributed by atoms with Crippen molar-refractivity contribution in [2.24, 2.45) is 11.3 Å². The highest BCUT2D eigenvalue weighted by Crippen LogP contribution is 2.33. The van der Waals surface area contributed by atoms with Gasteiger partial charge in [0, 0.05) is 10.9 Å². The molecule has 0 aliphatic rings. The Balaban J connectivity index is 2.96. The van der Waals surface area contributed by atoms with E-state index in [1.807, 2.05) is 18.2 Å². The molecule has 1 unspecified atom stereocenters. The van der Waals surface area contributed by atoms with Crippen molar-refractivity contribution in [2.75, 3.05) is 13.0 Å². The maximum absolute atomic E-state index is 6.06. The summed E-state index contributed by atoms with van der Waals surface area (Å²) >= 11 is 12.1. The first-order chi connectivity index (χ1) is 7.88. The van der Waals surface area contributed by atoms with E-state index in [0.717, 1.165) is 22.8 Å². The summed E-state index contributed by atoms with van der Waals surface area (Å²) in [7, 11) is 1.68. The summed E-state index contributed by atoms with van der Waals surface area (Å²) in [6, 6.07) is 5.72.